The van der Waals surface area contributed by atoms with Gasteiger partial charge < -0.3 is 15.3 Å². The first-order valence-corrected chi connectivity index (χ1v) is 6.68. The van der Waals surface area contributed by atoms with Crippen molar-refractivity contribution in [2.45, 2.75) is 45.4 Å². The van der Waals surface area contributed by atoms with Crippen molar-refractivity contribution in [3.63, 3.8) is 0 Å². The predicted octanol–water partition coefficient (Wildman–Crippen LogP) is 2.83. The molecule has 5 heteroatoms. The third-order valence-electron chi connectivity index (χ3n) is 2.83. The summed E-state index contributed by atoms with van der Waals surface area (Å²) in [5.74, 6) is -1.34. The standard InChI is InChI=1S/C15H20O4.H2O/c1-2-3-4-5-6-11-14(16)19-13-10-8-7-9-12(13)15(17)18;/h7-10H,2-6,11H2,1H3,(H,17,18);1H2. The van der Waals surface area contributed by atoms with Gasteiger partial charge in [0.1, 0.15) is 11.3 Å². The SMILES string of the molecule is CCCCCCCC(=O)Oc1ccccc1C(=O)O.O. The van der Waals surface area contributed by atoms with Crippen molar-refractivity contribution in [3.8, 4) is 5.75 Å². The van der Waals surface area contributed by atoms with Crippen molar-refractivity contribution >= 4 is 11.9 Å². The van der Waals surface area contributed by atoms with Crippen LogP contribution in [-0.4, -0.2) is 22.5 Å². The van der Waals surface area contributed by atoms with Crippen LogP contribution < -0.4 is 4.74 Å². The molecule has 0 aliphatic rings. The highest BCUT2D eigenvalue weighted by Crippen LogP contribution is 2.18. The lowest BCUT2D eigenvalue weighted by Crippen LogP contribution is -2.10. The quantitative estimate of drug-likeness (QED) is 0.450. The Morgan fingerprint density at radius 1 is 1.10 bits per heavy atom. The summed E-state index contributed by atoms with van der Waals surface area (Å²) in [5, 5.41) is 8.96. The normalized spacial score (nSPS) is 9.65. The van der Waals surface area contributed by atoms with E-state index in [0.29, 0.717) is 6.42 Å². The average molecular weight is 282 g/mol. The lowest BCUT2D eigenvalue weighted by molar-refractivity contribution is -0.134. The molecule has 0 bridgehead atoms. The summed E-state index contributed by atoms with van der Waals surface area (Å²) in [5.41, 5.74) is 0.0156. The fraction of sp³-hybridized carbons (Fsp3) is 0.467. The summed E-state index contributed by atoms with van der Waals surface area (Å²) in [4.78, 5) is 22.5. The third kappa shape index (κ3) is 6.33. The van der Waals surface area contributed by atoms with Crippen LogP contribution in [-0.2, 0) is 4.79 Å². The van der Waals surface area contributed by atoms with Crippen molar-refractivity contribution in [2.75, 3.05) is 0 Å². The number of hydrogen-bond acceptors (Lipinski definition) is 3. The second-order valence-electron chi connectivity index (χ2n) is 4.44. The zero-order chi connectivity index (χ0) is 14.1. The summed E-state index contributed by atoms with van der Waals surface area (Å²) in [6.07, 6.45) is 5.58. The van der Waals surface area contributed by atoms with Crippen molar-refractivity contribution in [2.24, 2.45) is 0 Å². The molecular weight excluding hydrogens is 260 g/mol. The molecule has 20 heavy (non-hydrogen) atoms. The van der Waals surface area contributed by atoms with E-state index in [1.807, 2.05) is 0 Å². The maximum atomic E-state index is 11.6. The van der Waals surface area contributed by atoms with Gasteiger partial charge in [0.25, 0.3) is 0 Å². The molecule has 1 rings (SSSR count). The second kappa shape index (κ2) is 9.97. The van der Waals surface area contributed by atoms with Crippen LogP contribution in [0, 0.1) is 0 Å². The molecule has 1 aromatic rings. The smallest absolute Gasteiger partial charge is 0.339 e. The Kier molecular flexibility index (Phi) is 9.04. The molecule has 0 heterocycles. The van der Waals surface area contributed by atoms with Crippen LogP contribution in [0.3, 0.4) is 0 Å². The van der Waals surface area contributed by atoms with Crippen LogP contribution in [0.15, 0.2) is 24.3 Å². The Hall–Kier alpha value is -1.88. The van der Waals surface area contributed by atoms with Gasteiger partial charge in [-0.2, -0.15) is 0 Å². The molecule has 0 aromatic heterocycles. The van der Waals surface area contributed by atoms with Crippen molar-refractivity contribution < 1.29 is 24.9 Å². The van der Waals surface area contributed by atoms with Crippen LogP contribution >= 0.6 is 0 Å². The van der Waals surface area contributed by atoms with E-state index in [2.05, 4.69) is 6.92 Å². The maximum absolute atomic E-state index is 11.6. The molecule has 0 amide bonds. The minimum atomic E-state index is -1.09. The Balaban J connectivity index is 0.00000361. The Bertz CT molecular complexity index is 428. The van der Waals surface area contributed by atoms with Crippen LogP contribution in [0.5, 0.6) is 5.75 Å². The predicted molar refractivity (Wildman–Crippen MR) is 76.0 cm³/mol. The number of carboxylic acids is 1. The Labute approximate surface area is 118 Å². The summed E-state index contributed by atoms with van der Waals surface area (Å²) < 4.78 is 5.09. The van der Waals surface area contributed by atoms with E-state index >= 15 is 0 Å². The highest BCUT2D eigenvalue weighted by Gasteiger charge is 2.13. The van der Waals surface area contributed by atoms with Crippen molar-refractivity contribution in [1.82, 2.24) is 0 Å². The molecule has 5 nitrogen and oxygen atoms in total. The molecule has 0 aliphatic heterocycles. The second-order valence-corrected chi connectivity index (χ2v) is 4.44. The number of carbonyl (C=O) groups excluding carboxylic acids is 1. The molecule has 1 aromatic carbocycles. The number of carboxylic acid groups (broad SMARTS) is 1. The summed E-state index contributed by atoms with van der Waals surface area (Å²) in [6, 6.07) is 6.17. The van der Waals surface area contributed by atoms with Gasteiger partial charge in [-0.25, -0.2) is 4.79 Å². The number of carbonyl (C=O) groups is 2. The van der Waals surface area contributed by atoms with E-state index in [4.69, 9.17) is 9.84 Å². The monoisotopic (exact) mass is 282 g/mol. The first kappa shape index (κ1) is 18.1. The minimum Gasteiger partial charge on any atom is -0.478 e. The molecule has 0 radical (unpaired) electrons. The third-order valence-corrected chi connectivity index (χ3v) is 2.83. The van der Waals surface area contributed by atoms with E-state index in [-0.39, 0.29) is 22.8 Å². The van der Waals surface area contributed by atoms with Crippen molar-refractivity contribution in [1.29, 1.82) is 0 Å². The molecule has 3 N–H and O–H groups in total. The number of para-hydroxylation sites is 1. The molecule has 0 fully saturated rings. The van der Waals surface area contributed by atoms with Gasteiger partial charge in [-0.15, -0.1) is 0 Å². The van der Waals surface area contributed by atoms with E-state index in [0.717, 1.165) is 25.7 Å². The molecule has 0 saturated heterocycles. The largest absolute Gasteiger partial charge is 0.478 e. The zero-order valence-electron chi connectivity index (χ0n) is 11.7. The van der Waals surface area contributed by atoms with E-state index in [9.17, 15) is 9.59 Å². The molecule has 0 unspecified atom stereocenters. The Morgan fingerprint density at radius 2 is 1.75 bits per heavy atom. The number of hydrogen-bond donors (Lipinski definition) is 1. The van der Waals surface area contributed by atoms with Crippen LogP contribution in [0.25, 0.3) is 0 Å². The van der Waals surface area contributed by atoms with Gasteiger partial charge in [-0.3, -0.25) is 4.79 Å². The van der Waals surface area contributed by atoms with Gasteiger partial charge in [-0.05, 0) is 18.6 Å². The summed E-state index contributed by atoms with van der Waals surface area (Å²) >= 11 is 0. The number of ether oxygens (including phenoxy) is 1. The van der Waals surface area contributed by atoms with Gasteiger partial charge in [0, 0.05) is 6.42 Å². The highest BCUT2D eigenvalue weighted by molar-refractivity contribution is 5.91. The van der Waals surface area contributed by atoms with Crippen LogP contribution in [0.2, 0.25) is 0 Å². The Morgan fingerprint density at radius 3 is 2.40 bits per heavy atom. The number of unbranched alkanes of at least 4 members (excludes halogenated alkanes) is 4. The number of aromatic carboxylic acids is 1. The zero-order valence-corrected chi connectivity index (χ0v) is 11.7. The summed E-state index contributed by atoms with van der Waals surface area (Å²) in [7, 11) is 0. The van der Waals surface area contributed by atoms with Crippen LogP contribution in [0.1, 0.15) is 55.8 Å². The lowest BCUT2D eigenvalue weighted by atomic mass is 10.1. The van der Waals surface area contributed by atoms with Crippen LogP contribution in [0.4, 0.5) is 0 Å². The van der Waals surface area contributed by atoms with Gasteiger partial charge in [0.05, 0.1) is 0 Å². The molecule has 0 aliphatic carbocycles. The maximum Gasteiger partial charge on any atom is 0.339 e. The lowest BCUT2D eigenvalue weighted by Gasteiger charge is -2.07. The topological polar surface area (TPSA) is 95.1 Å². The van der Waals surface area contributed by atoms with Gasteiger partial charge in [-0.1, -0.05) is 44.7 Å². The fourth-order valence-electron chi connectivity index (χ4n) is 1.78. The number of benzene rings is 1. The van der Waals surface area contributed by atoms with E-state index < -0.39 is 5.97 Å². The van der Waals surface area contributed by atoms with Gasteiger partial charge >= 0.3 is 11.9 Å². The first-order valence-electron chi connectivity index (χ1n) is 6.68. The van der Waals surface area contributed by atoms with Crippen molar-refractivity contribution in [3.05, 3.63) is 29.8 Å². The molecule has 0 atom stereocenters. The fourth-order valence-corrected chi connectivity index (χ4v) is 1.78. The molecular formula is C15H22O5. The van der Waals surface area contributed by atoms with Gasteiger partial charge in [0.15, 0.2) is 0 Å². The number of rotatable bonds is 8. The van der Waals surface area contributed by atoms with E-state index in [1.165, 1.54) is 18.6 Å². The van der Waals surface area contributed by atoms with Gasteiger partial charge in [0.2, 0.25) is 0 Å². The van der Waals surface area contributed by atoms with E-state index in [1.54, 1.807) is 12.1 Å². The number of esters is 1. The molecule has 112 valence electrons. The highest BCUT2D eigenvalue weighted by atomic mass is 16.5. The molecule has 0 spiro atoms. The summed E-state index contributed by atoms with van der Waals surface area (Å²) in [6.45, 7) is 2.14. The average Bonchev–Trinajstić information content (AvgIpc) is 2.39. The molecule has 0 saturated carbocycles. The minimum absolute atomic E-state index is 0. The first-order chi connectivity index (χ1) is 9.15.